The summed E-state index contributed by atoms with van der Waals surface area (Å²) in [7, 11) is 0. The maximum atomic E-state index is 14.2. The van der Waals surface area contributed by atoms with Crippen molar-refractivity contribution in [2.75, 3.05) is 44.2 Å². The third-order valence-electron chi connectivity index (χ3n) is 8.10. The van der Waals surface area contributed by atoms with Gasteiger partial charge in [0.05, 0.1) is 5.69 Å². The number of rotatable bonds is 4. The number of aromatic hydroxyl groups is 1. The molecular weight excluding hydrogens is 553 g/mol. The van der Waals surface area contributed by atoms with Gasteiger partial charge in [0.1, 0.15) is 11.6 Å². The molecule has 0 aliphatic carbocycles. The first kappa shape index (κ1) is 33.8. The Labute approximate surface area is 253 Å². The first-order valence-electron chi connectivity index (χ1n) is 14.8. The summed E-state index contributed by atoms with van der Waals surface area (Å²) in [5.74, 6) is -3.12. The minimum absolute atomic E-state index is 0.0614. The van der Waals surface area contributed by atoms with Crippen LogP contribution in [0.15, 0.2) is 36.4 Å². The second-order valence-corrected chi connectivity index (χ2v) is 13.5. The number of phenolic OH excluding ortho intramolecular Hbond substituents is 1. The van der Waals surface area contributed by atoms with Crippen LogP contribution in [0.1, 0.15) is 71.1 Å². The molecule has 2 saturated heterocycles. The molecule has 10 heteroatoms. The molecule has 0 atom stereocenters. The molecule has 0 radical (unpaired) electrons. The Hall–Kier alpha value is -3.66. The fourth-order valence-corrected chi connectivity index (χ4v) is 5.66. The topological polar surface area (TPSA) is 122 Å². The lowest BCUT2D eigenvalue weighted by Gasteiger charge is -2.39. The summed E-state index contributed by atoms with van der Waals surface area (Å²) in [6.45, 7) is 18.1. The third-order valence-corrected chi connectivity index (χ3v) is 8.10. The van der Waals surface area contributed by atoms with Crippen molar-refractivity contribution in [3.63, 3.8) is 0 Å². The SMILES string of the molecule is CC(C)(C)c1cc(CN2CCC(C(=O)N3CCN(c4ccccc4F)CC3)CC2)cc(C(C)(C)C)c1O.O=C(O)C(=O)O. The number of benzene rings is 2. The van der Waals surface area contributed by atoms with Gasteiger partial charge in [-0.2, -0.15) is 0 Å². The van der Waals surface area contributed by atoms with Crippen molar-refractivity contribution in [3.05, 3.63) is 58.9 Å². The number of carboxylic acid groups (broad SMARTS) is 2. The van der Waals surface area contributed by atoms with E-state index in [1.165, 1.54) is 11.6 Å². The quantitative estimate of drug-likeness (QED) is 0.427. The first-order valence-corrected chi connectivity index (χ1v) is 14.8. The van der Waals surface area contributed by atoms with Gasteiger partial charge in [-0.1, -0.05) is 65.8 Å². The highest BCUT2D eigenvalue weighted by Crippen LogP contribution is 2.40. The zero-order chi connectivity index (χ0) is 32.1. The Kier molecular flexibility index (Phi) is 10.8. The van der Waals surface area contributed by atoms with Gasteiger partial charge in [0.25, 0.3) is 0 Å². The average Bonchev–Trinajstić information content (AvgIpc) is 2.93. The van der Waals surface area contributed by atoms with Crippen LogP contribution in [-0.2, 0) is 31.8 Å². The molecule has 2 aliphatic rings. The molecule has 0 aromatic heterocycles. The number of carbonyl (C=O) groups is 3. The smallest absolute Gasteiger partial charge is 0.414 e. The Bertz CT molecular complexity index is 1250. The number of hydrogen-bond acceptors (Lipinski definition) is 6. The molecule has 0 bridgehead atoms. The molecule has 3 N–H and O–H groups in total. The molecule has 4 rings (SSSR count). The van der Waals surface area contributed by atoms with Crippen LogP contribution < -0.4 is 4.90 Å². The molecule has 2 aliphatic heterocycles. The lowest BCUT2D eigenvalue weighted by atomic mass is 9.78. The number of hydrogen-bond donors (Lipinski definition) is 3. The van der Waals surface area contributed by atoms with E-state index in [0.717, 1.165) is 43.6 Å². The van der Waals surface area contributed by atoms with Crippen LogP contribution in [-0.4, -0.2) is 82.2 Å². The normalized spacial score (nSPS) is 16.8. The van der Waals surface area contributed by atoms with Crippen LogP contribution in [0.3, 0.4) is 0 Å². The highest BCUT2D eigenvalue weighted by molar-refractivity contribution is 6.27. The first-order chi connectivity index (χ1) is 20.0. The molecule has 0 unspecified atom stereocenters. The minimum atomic E-state index is -1.82. The summed E-state index contributed by atoms with van der Waals surface area (Å²) >= 11 is 0. The van der Waals surface area contributed by atoms with Gasteiger partial charge in [-0.3, -0.25) is 9.69 Å². The standard InChI is InChI=1S/C31H44FN3O2.C2H2O4/c1-30(2,3)24-19-22(20-25(28(24)36)31(4,5)6)21-33-13-11-23(12-14-33)29(37)35-17-15-34(16-18-35)27-10-8-7-9-26(27)32;3-1(4)2(5)6/h7-10,19-20,23,36H,11-18,21H2,1-6H3;(H,3,4)(H,5,6). The Morgan fingerprint density at radius 1 is 0.814 bits per heavy atom. The molecule has 2 heterocycles. The summed E-state index contributed by atoms with van der Waals surface area (Å²) in [5, 5.41) is 25.8. The van der Waals surface area contributed by atoms with Gasteiger partial charge >= 0.3 is 11.9 Å². The summed E-state index contributed by atoms with van der Waals surface area (Å²) in [6.07, 6.45) is 1.73. The summed E-state index contributed by atoms with van der Waals surface area (Å²) in [6, 6.07) is 11.2. The predicted molar refractivity (Wildman–Crippen MR) is 164 cm³/mol. The molecule has 0 saturated carbocycles. The highest BCUT2D eigenvalue weighted by Gasteiger charge is 2.32. The largest absolute Gasteiger partial charge is 0.507 e. The van der Waals surface area contributed by atoms with Crippen molar-refractivity contribution in [2.45, 2.75) is 71.8 Å². The maximum absolute atomic E-state index is 14.2. The highest BCUT2D eigenvalue weighted by atomic mass is 19.1. The van der Waals surface area contributed by atoms with Crippen molar-refractivity contribution >= 4 is 23.5 Å². The van der Waals surface area contributed by atoms with Gasteiger partial charge in [-0.05, 0) is 65.6 Å². The molecule has 236 valence electrons. The second kappa shape index (κ2) is 13.8. The number of amides is 1. The van der Waals surface area contributed by atoms with E-state index < -0.39 is 11.9 Å². The number of carbonyl (C=O) groups excluding carboxylic acids is 1. The van der Waals surface area contributed by atoms with Gasteiger partial charge in [-0.15, -0.1) is 0 Å². The van der Waals surface area contributed by atoms with Gasteiger partial charge < -0.3 is 25.1 Å². The number of piperazine rings is 1. The Morgan fingerprint density at radius 2 is 1.30 bits per heavy atom. The van der Waals surface area contributed by atoms with E-state index in [0.29, 0.717) is 37.6 Å². The number of likely N-dealkylation sites (tertiary alicyclic amines) is 1. The van der Waals surface area contributed by atoms with Gasteiger partial charge in [0, 0.05) is 38.6 Å². The Balaban J connectivity index is 0.000000765. The van der Waals surface area contributed by atoms with Gasteiger partial charge in [-0.25, -0.2) is 14.0 Å². The van der Waals surface area contributed by atoms with Crippen LogP contribution in [0.4, 0.5) is 10.1 Å². The summed E-state index contributed by atoms with van der Waals surface area (Å²) < 4.78 is 14.2. The Morgan fingerprint density at radius 3 is 1.74 bits per heavy atom. The van der Waals surface area contributed by atoms with Crippen LogP contribution in [0.25, 0.3) is 0 Å². The van der Waals surface area contributed by atoms with Crippen molar-refractivity contribution in [2.24, 2.45) is 5.92 Å². The number of carboxylic acids is 2. The van der Waals surface area contributed by atoms with E-state index in [1.54, 1.807) is 6.07 Å². The average molecular weight is 600 g/mol. The molecule has 0 spiro atoms. The minimum Gasteiger partial charge on any atom is -0.507 e. The maximum Gasteiger partial charge on any atom is 0.414 e. The molecule has 1 amide bonds. The van der Waals surface area contributed by atoms with Crippen LogP contribution in [0, 0.1) is 11.7 Å². The van der Waals surface area contributed by atoms with Crippen LogP contribution in [0.5, 0.6) is 5.75 Å². The zero-order valence-corrected chi connectivity index (χ0v) is 26.2. The molecule has 9 nitrogen and oxygen atoms in total. The van der Waals surface area contributed by atoms with Crippen LogP contribution >= 0.6 is 0 Å². The van der Waals surface area contributed by atoms with Crippen LogP contribution in [0.2, 0.25) is 0 Å². The van der Waals surface area contributed by atoms with Gasteiger partial charge in [0.15, 0.2) is 0 Å². The van der Waals surface area contributed by atoms with Gasteiger partial charge in [0.2, 0.25) is 5.91 Å². The number of halogens is 1. The number of para-hydroxylation sites is 1. The van der Waals surface area contributed by atoms with E-state index in [1.807, 2.05) is 21.9 Å². The number of phenols is 1. The van der Waals surface area contributed by atoms with Crippen molar-refractivity contribution in [1.82, 2.24) is 9.80 Å². The molecular formula is C33H46FN3O6. The van der Waals surface area contributed by atoms with Crippen molar-refractivity contribution in [3.8, 4) is 5.75 Å². The third kappa shape index (κ3) is 8.92. The molecule has 2 aromatic carbocycles. The number of aliphatic carboxylic acids is 2. The van der Waals surface area contributed by atoms with E-state index in [9.17, 15) is 14.3 Å². The number of piperidine rings is 1. The lowest BCUT2D eigenvalue weighted by Crippen LogP contribution is -2.51. The van der Waals surface area contributed by atoms with Crippen molar-refractivity contribution in [1.29, 1.82) is 0 Å². The fraction of sp³-hybridized carbons (Fsp3) is 0.545. The predicted octanol–water partition coefficient (Wildman–Crippen LogP) is 4.84. The number of nitrogens with zero attached hydrogens (tertiary/aromatic N) is 3. The molecule has 43 heavy (non-hydrogen) atoms. The monoisotopic (exact) mass is 599 g/mol. The summed E-state index contributed by atoms with van der Waals surface area (Å²) in [5.41, 5.74) is 3.55. The van der Waals surface area contributed by atoms with E-state index in [2.05, 4.69) is 58.6 Å². The number of anilines is 1. The molecule has 2 aromatic rings. The van der Waals surface area contributed by atoms with Crippen molar-refractivity contribution < 1.29 is 34.1 Å². The fourth-order valence-electron chi connectivity index (χ4n) is 5.66. The van der Waals surface area contributed by atoms with E-state index >= 15 is 0 Å². The second-order valence-electron chi connectivity index (χ2n) is 13.5. The lowest BCUT2D eigenvalue weighted by molar-refractivity contribution is -0.159. The summed E-state index contributed by atoms with van der Waals surface area (Å²) in [4.78, 5) is 37.9. The van der Waals surface area contributed by atoms with E-state index in [-0.39, 0.29) is 28.5 Å². The zero-order valence-electron chi connectivity index (χ0n) is 26.2. The van der Waals surface area contributed by atoms with E-state index in [4.69, 9.17) is 19.8 Å². The molecule has 2 fully saturated rings.